The van der Waals surface area contributed by atoms with Gasteiger partial charge in [0.2, 0.25) is 5.78 Å². The van der Waals surface area contributed by atoms with E-state index in [9.17, 15) is 15.0 Å². The molecule has 2 fully saturated rings. The monoisotopic (exact) mass is 684 g/mol. The van der Waals surface area contributed by atoms with E-state index in [-0.39, 0.29) is 34.4 Å². The molecule has 4 aliphatic carbocycles. The van der Waals surface area contributed by atoms with Crippen molar-refractivity contribution in [1.82, 2.24) is 0 Å². The molecule has 2 aromatic carbocycles. The second-order valence-electron chi connectivity index (χ2n) is 17.5. The third-order valence-corrected chi connectivity index (χ3v) is 14.4. The Morgan fingerprint density at radius 3 is 2.26 bits per heavy atom. The maximum Gasteiger partial charge on any atom is 0.200 e. The van der Waals surface area contributed by atoms with Gasteiger partial charge in [-0.05, 0) is 117 Å². The van der Waals surface area contributed by atoms with E-state index in [1.54, 1.807) is 30.3 Å². The lowest BCUT2D eigenvalue weighted by molar-refractivity contribution is -0.0962. The Hall–Kier alpha value is -3.05. The summed E-state index contributed by atoms with van der Waals surface area (Å²) < 4.78 is 10.2. The molecule has 0 spiro atoms. The zero-order valence-electron chi connectivity index (χ0n) is 32.6. The van der Waals surface area contributed by atoms with E-state index in [1.807, 2.05) is 17.2 Å². The van der Waals surface area contributed by atoms with E-state index in [0.29, 0.717) is 33.5 Å². The van der Waals surface area contributed by atoms with Crippen LogP contribution in [-0.4, -0.2) is 36.3 Å². The van der Waals surface area contributed by atoms with Gasteiger partial charge in [-0.2, -0.15) is 0 Å². The number of phenols is 1. The molecule has 2 saturated carbocycles. The van der Waals surface area contributed by atoms with Gasteiger partial charge in [-0.3, -0.25) is 4.79 Å². The number of ketones is 1. The number of rotatable bonds is 8. The molecule has 7 atom stereocenters. The number of benzene rings is 2. The molecule has 5 heteroatoms. The Bertz CT molecular complexity index is 1600. The van der Waals surface area contributed by atoms with Crippen LogP contribution in [0.25, 0.3) is 0 Å². The normalized spacial score (nSPS) is 31.6. The number of aliphatic hydroxyl groups excluding tert-OH is 1. The van der Waals surface area contributed by atoms with Crippen molar-refractivity contribution in [2.24, 2.45) is 39.4 Å². The number of carbonyl (C=O) groups excluding carboxylic acids is 1. The first-order chi connectivity index (χ1) is 23.5. The first kappa shape index (κ1) is 38.2. The fraction of sp³-hybridized carbons (Fsp3) is 0.622. The Kier molecular flexibility index (Phi) is 11.1. The van der Waals surface area contributed by atoms with E-state index < -0.39 is 0 Å². The molecule has 7 unspecified atom stereocenters. The topological polar surface area (TPSA) is 76.0 Å². The Morgan fingerprint density at radius 1 is 0.920 bits per heavy atom. The number of hydrogen-bond donors (Lipinski definition) is 2. The van der Waals surface area contributed by atoms with Crippen molar-refractivity contribution in [3.05, 3.63) is 76.4 Å². The SMILES string of the molecule is CC(C)=CCCC(C)C1CCC2(C)C3=C(CCC12C)C1(C)CCC(O)C(C)(C)C1CC3.COc1cc(O)c(C(=O)c2ccccc2)c(OC)c1. The highest BCUT2D eigenvalue weighted by Crippen LogP contribution is 2.72. The number of ether oxygens (including phenoxy) is 2. The summed E-state index contributed by atoms with van der Waals surface area (Å²) in [7, 11) is 2.92. The summed E-state index contributed by atoms with van der Waals surface area (Å²) >= 11 is 0. The number of allylic oxidation sites excluding steroid dienone is 4. The van der Waals surface area contributed by atoms with Crippen molar-refractivity contribution in [3.8, 4) is 17.2 Å². The molecule has 0 amide bonds. The van der Waals surface area contributed by atoms with Gasteiger partial charge in [0.15, 0.2) is 0 Å². The van der Waals surface area contributed by atoms with E-state index in [4.69, 9.17) is 9.47 Å². The van der Waals surface area contributed by atoms with Crippen LogP contribution in [-0.2, 0) is 0 Å². The Morgan fingerprint density at radius 2 is 1.62 bits per heavy atom. The highest BCUT2D eigenvalue weighted by atomic mass is 16.5. The van der Waals surface area contributed by atoms with Gasteiger partial charge in [-0.25, -0.2) is 0 Å². The minimum atomic E-state index is -0.294. The first-order valence-electron chi connectivity index (χ1n) is 19.1. The molecular formula is C45H64O5. The summed E-state index contributed by atoms with van der Waals surface area (Å²) in [6, 6.07) is 11.7. The number of hydrogen-bond acceptors (Lipinski definition) is 5. The smallest absolute Gasteiger partial charge is 0.200 e. The van der Waals surface area contributed by atoms with Crippen molar-refractivity contribution >= 4 is 5.78 Å². The lowest BCUT2D eigenvalue weighted by atomic mass is 9.43. The van der Waals surface area contributed by atoms with Crippen LogP contribution in [0.1, 0.15) is 136 Å². The first-order valence-corrected chi connectivity index (χ1v) is 19.1. The molecule has 2 N–H and O–H groups in total. The fourth-order valence-corrected chi connectivity index (χ4v) is 11.3. The van der Waals surface area contributed by atoms with Gasteiger partial charge in [-0.1, -0.05) is 94.7 Å². The second kappa shape index (κ2) is 14.5. The molecule has 0 heterocycles. The Balaban J connectivity index is 0.000000219. The van der Waals surface area contributed by atoms with E-state index in [1.165, 1.54) is 83.6 Å². The van der Waals surface area contributed by atoms with Gasteiger partial charge in [-0.15, -0.1) is 0 Å². The number of aromatic hydroxyl groups is 1. The van der Waals surface area contributed by atoms with Gasteiger partial charge in [0.1, 0.15) is 22.8 Å². The minimum Gasteiger partial charge on any atom is -0.507 e. The third-order valence-electron chi connectivity index (χ3n) is 14.4. The molecule has 0 bridgehead atoms. The van der Waals surface area contributed by atoms with E-state index >= 15 is 0 Å². The highest BCUT2D eigenvalue weighted by molar-refractivity contribution is 6.12. The van der Waals surface area contributed by atoms with Crippen LogP contribution in [0.4, 0.5) is 0 Å². The second-order valence-corrected chi connectivity index (χ2v) is 17.5. The van der Waals surface area contributed by atoms with Crippen LogP contribution in [0.2, 0.25) is 0 Å². The van der Waals surface area contributed by atoms with Crippen LogP contribution < -0.4 is 9.47 Å². The molecule has 0 aliphatic heterocycles. The number of methoxy groups -OCH3 is 2. The maximum atomic E-state index is 12.4. The van der Waals surface area contributed by atoms with Crippen molar-refractivity contribution in [2.45, 2.75) is 126 Å². The zero-order chi connectivity index (χ0) is 36.6. The van der Waals surface area contributed by atoms with Gasteiger partial charge >= 0.3 is 0 Å². The summed E-state index contributed by atoms with van der Waals surface area (Å²) in [6.07, 6.45) is 15.2. The molecule has 0 aromatic heterocycles. The lowest BCUT2D eigenvalue weighted by Crippen LogP contribution is -2.55. The van der Waals surface area contributed by atoms with Gasteiger partial charge in [0, 0.05) is 17.7 Å². The molecule has 0 radical (unpaired) electrons. The molecular weight excluding hydrogens is 620 g/mol. The minimum absolute atomic E-state index is 0.0465. The third kappa shape index (κ3) is 6.57. The Labute approximate surface area is 302 Å². The average Bonchev–Trinajstić information content (AvgIpc) is 3.37. The summed E-state index contributed by atoms with van der Waals surface area (Å²) in [4.78, 5) is 12.4. The van der Waals surface area contributed by atoms with Crippen LogP contribution in [0.5, 0.6) is 17.2 Å². The van der Waals surface area contributed by atoms with Crippen molar-refractivity contribution < 1.29 is 24.5 Å². The van der Waals surface area contributed by atoms with Crippen LogP contribution >= 0.6 is 0 Å². The summed E-state index contributed by atoms with van der Waals surface area (Å²) in [6.45, 7) is 19.6. The van der Waals surface area contributed by atoms with Gasteiger partial charge < -0.3 is 19.7 Å². The largest absolute Gasteiger partial charge is 0.507 e. The molecule has 274 valence electrons. The standard InChI is InChI=1S/C30H50O.C15H14O4/c1-20(2)10-9-11-21(3)22-14-18-30(8)24-12-13-25-27(4,5)26(31)16-17-28(25,6)23(24)15-19-29(22,30)7;1-18-11-8-12(16)14(13(9-11)19-2)15(17)10-6-4-3-5-7-10/h10,21-22,25-26,31H,9,11-19H2,1-8H3;3-9,16H,1-2H3. The van der Waals surface area contributed by atoms with Crippen molar-refractivity contribution in [2.75, 3.05) is 14.2 Å². The summed E-state index contributed by atoms with van der Waals surface area (Å²) in [5, 5.41) is 20.8. The van der Waals surface area contributed by atoms with Crippen molar-refractivity contribution in [3.63, 3.8) is 0 Å². The van der Waals surface area contributed by atoms with Crippen LogP contribution in [0, 0.1) is 39.4 Å². The average molecular weight is 685 g/mol. The molecule has 4 aliphatic rings. The summed E-state index contributed by atoms with van der Waals surface area (Å²) in [5.74, 6) is 2.58. The molecule has 0 saturated heterocycles. The van der Waals surface area contributed by atoms with Crippen molar-refractivity contribution in [1.29, 1.82) is 0 Å². The maximum absolute atomic E-state index is 12.4. The fourth-order valence-electron chi connectivity index (χ4n) is 11.3. The van der Waals surface area contributed by atoms with Crippen LogP contribution in [0.3, 0.4) is 0 Å². The predicted molar refractivity (Wildman–Crippen MR) is 204 cm³/mol. The number of fused-ring (bicyclic) bond motifs is 4. The highest BCUT2D eigenvalue weighted by Gasteiger charge is 2.63. The van der Waals surface area contributed by atoms with Gasteiger partial charge in [0.25, 0.3) is 0 Å². The molecule has 2 aromatic rings. The number of carbonyl (C=O) groups is 1. The van der Waals surface area contributed by atoms with E-state index in [0.717, 1.165) is 18.3 Å². The van der Waals surface area contributed by atoms with Crippen LogP contribution in [0.15, 0.2) is 65.3 Å². The number of phenolic OH excluding ortho intramolecular Hbond substituents is 1. The molecule has 5 nitrogen and oxygen atoms in total. The lowest BCUT2D eigenvalue weighted by Gasteiger charge is -2.62. The van der Waals surface area contributed by atoms with E-state index in [2.05, 4.69) is 61.5 Å². The molecule has 50 heavy (non-hydrogen) atoms. The molecule has 6 rings (SSSR count). The quantitative estimate of drug-likeness (QED) is 0.214. The zero-order valence-corrected chi connectivity index (χ0v) is 32.6. The number of aliphatic hydroxyl groups is 1. The van der Waals surface area contributed by atoms with Gasteiger partial charge in [0.05, 0.1) is 20.3 Å². The predicted octanol–water partition coefficient (Wildman–Crippen LogP) is 11.1. The summed E-state index contributed by atoms with van der Waals surface area (Å²) in [5.41, 5.74) is 7.03.